The molecule has 1 unspecified atom stereocenters. The summed E-state index contributed by atoms with van der Waals surface area (Å²) in [4.78, 5) is 11.1. The lowest BCUT2D eigenvalue weighted by Gasteiger charge is -2.26. The summed E-state index contributed by atoms with van der Waals surface area (Å²) in [6.45, 7) is 0.941. The molecule has 1 aromatic heterocycles. The van der Waals surface area contributed by atoms with Gasteiger partial charge in [-0.15, -0.1) is 0 Å². The standard InChI is InChI=1S/C19H24N4O3/c1-23(2)19-21-10-13-14(5-4-6-15(13)22-19)20-9-12-7-17-18(26-11-25-17)8-16(12)24-3/h7-8,10,14,20H,4-6,9,11H2,1-3H3. The highest BCUT2D eigenvalue weighted by molar-refractivity contribution is 5.51. The van der Waals surface area contributed by atoms with E-state index in [1.807, 2.05) is 37.3 Å². The van der Waals surface area contributed by atoms with Crippen LogP contribution >= 0.6 is 0 Å². The van der Waals surface area contributed by atoms with Crippen molar-refractivity contribution in [1.29, 1.82) is 0 Å². The second-order valence-corrected chi connectivity index (χ2v) is 6.81. The first kappa shape index (κ1) is 16.9. The Morgan fingerprint density at radius 3 is 2.85 bits per heavy atom. The third-order valence-electron chi connectivity index (χ3n) is 4.88. The third-order valence-corrected chi connectivity index (χ3v) is 4.88. The predicted molar refractivity (Wildman–Crippen MR) is 98.0 cm³/mol. The first-order valence-corrected chi connectivity index (χ1v) is 8.88. The van der Waals surface area contributed by atoms with E-state index in [9.17, 15) is 0 Å². The molecule has 0 bridgehead atoms. The van der Waals surface area contributed by atoms with Crippen molar-refractivity contribution in [3.8, 4) is 17.2 Å². The Bertz CT molecular complexity index is 810. The van der Waals surface area contributed by atoms with Gasteiger partial charge in [0.25, 0.3) is 0 Å². The number of fused-ring (bicyclic) bond motifs is 2. The Labute approximate surface area is 153 Å². The summed E-state index contributed by atoms with van der Waals surface area (Å²) in [6, 6.07) is 4.12. The van der Waals surface area contributed by atoms with E-state index in [1.165, 1.54) is 5.56 Å². The van der Waals surface area contributed by atoms with Crippen LogP contribution in [0.3, 0.4) is 0 Å². The van der Waals surface area contributed by atoms with Crippen LogP contribution in [-0.2, 0) is 13.0 Å². The highest BCUT2D eigenvalue weighted by Gasteiger charge is 2.23. The van der Waals surface area contributed by atoms with Gasteiger partial charge in [0.15, 0.2) is 11.5 Å². The molecule has 1 atom stereocenters. The summed E-state index contributed by atoms with van der Waals surface area (Å²) in [5.41, 5.74) is 3.39. The monoisotopic (exact) mass is 356 g/mol. The number of aryl methyl sites for hydroxylation is 1. The maximum absolute atomic E-state index is 5.52. The molecular formula is C19H24N4O3. The second-order valence-electron chi connectivity index (χ2n) is 6.81. The molecule has 2 aliphatic rings. The summed E-state index contributed by atoms with van der Waals surface area (Å²) in [6.07, 6.45) is 5.16. The first-order valence-electron chi connectivity index (χ1n) is 8.88. The van der Waals surface area contributed by atoms with Crippen LogP contribution in [0.15, 0.2) is 18.3 Å². The fraction of sp³-hybridized carbons (Fsp3) is 0.474. The Morgan fingerprint density at radius 2 is 2.08 bits per heavy atom. The van der Waals surface area contributed by atoms with Crippen molar-refractivity contribution >= 4 is 5.95 Å². The normalized spacial score (nSPS) is 17.7. The van der Waals surface area contributed by atoms with E-state index in [1.54, 1.807) is 7.11 Å². The van der Waals surface area contributed by atoms with Crippen molar-refractivity contribution in [3.63, 3.8) is 0 Å². The van der Waals surface area contributed by atoms with Crippen molar-refractivity contribution < 1.29 is 14.2 Å². The zero-order valence-corrected chi connectivity index (χ0v) is 15.4. The fourth-order valence-electron chi connectivity index (χ4n) is 3.49. The molecule has 0 amide bonds. The number of anilines is 1. The molecule has 0 fully saturated rings. The summed E-state index contributed by atoms with van der Waals surface area (Å²) in [5, 5.41) is 3.64. The van der Waals surface area contributed by atoms with E-state index < -0.39 is 0 Å². The van der Waals surface area contributed by atoms with Crippen molar-refractivity contribution in [1.82, 2.24) is 15.3 Å². The van der Waals surface area contributed by atoms with Crippen LogP contribution in [0, 0.1) is 0 Å². The number of ether oxygens (including phenoxy) is 3. The zero-order chi connectivity index (χ0) is 18.1. The third kappa shape index (κ3) is 3.14. The maximum atomic E-state index is 5.52. The number of benzene rings is 1. The van der Waals surface area contributed by atoms with Gasteiger partial charge >= 0.3 is 0 Å². The minimum atomic E-state index is 0.241. The van der Waals surface area contributed by atoms with Gasteiger partial charge in [-0.1, -0.05) is 0 Å². The van der Waals surface area contributed by atoms with Crippen LogP contribution in [0.2, 0.25) is 0 Å². The number of rotatable bonds is 5. The molecule has 7 heteroatoms. The van der Waals surface area contributed by atoms with Crippen LogP contribution in [0.4, 0.5) is 5.95 Å². The fourth-order valence-corrected chi connectivity index (χ4v) is 3.49. The minimum absolute atomic E-state index is 0.241. The van der Waals surface area contributed by atoms with Crippen LogP contribution < -0.4 is 24.4 Å². The van der Waals surface area contributed by atoms with E-state index in [0.717, 1.165) is 53.7 Å². The van der Waals surface area contributed by atoms with Crippen LogP contribution in [0.1, 0.15) is 35.7 Å². The van der Waals surface area contributed by atoms with Gasteiger partial charge in [0, 0.05) is 50.1 Å². The topological polar surface area (TPSA) is 68.7 Å². The molecule has 0 radical (unpaired) electrons. The number of nitrogens with zero attached hydrogens (tertiary/aromatic N) is 3. The van der Waals surface area contributed by atoms with Crippen LogP contribution in [0.25, 0.3) is 0 Å². The molecule has 0 spiro atoms. The minimum Gasteiger partial charge on any atom is -0.496 e. The molecule has 2 heterocycles. The van der Waals surface area contributed by atoms with Crippen molar-refractivity contribution in [2.75, 3.05) is 32.9 Å². The van der Waals surface area contributed by atoms with Gasteiger partial charge in [-0.05, 0) is 25.3 Å². The number of hydrogen-bond acceptors (Lipinski definition) is 7. The highest BCUT2D eigenvalue weighted by atomic mass is 16.7. The summed E-state index contributed by atoms with van der Waals surface area (Å²) >= 11 is 0. The van der Waals surface area contributed by atoms with E-state index >= 15 is 0 Å². The molecule has 138 valence electrons. The Hall–Kier alpha value is -2.54. The predicted octanol–water partition coefficient (Wildman–Crippen LogP) is 2.45. The summed E-state index contributed by atoms with van der Waals surface area (Å²) in [7, 11) is 5.60. The lowest BCUT2D eigenvalue weighted by molar-refractivity contribution is 0.174. The first-order chi connectivity index (χ1) is 12.7. The maximum Gasteiger partial charge on any atom is 0.231 e. The van der Waals surface area contributed by atoms with Crippen molar-refractivity contribution in [2.45, 2.75) is 31.8 Å². The molecule has 0 saturated carbocycles. The quantitative estimate of drug-likeness (QED) is 0.882. The SMILES string of the molecule is COc1cc2c(cc1CNC1CCCc3nc(N(C)C)ncc31)OCO2. The van der Waals surface area contributed by atoms with Crippen LogP contribution in [0.5, 0.6) is 17.2 Å². The average Bonchev–Trinajstić information content (AvgIpc) is 3.12. The average molecular weight is 356 g/mol. The summed E-state index contributed by atoms with van der Waals surface area (Å²) in [5.74, 6) is 3.07. The number of methoxy groups -OCH3 is 1. The van der Waals surface area contributed by atoms with E-state index in [2.05, 4.69) is 10.3 Å². The molecule has 1 aliphatic heterocycles. The van der Waals surface area contributed by atoms with Crippen molar-refractivity contribution in [3.05, 3.63) is 35.2 Å². The Balaban J connectivity index is 1.53. The molecule has 7 nitrogen and oxygen atoms in total. The van der Waals surface area contributed by atoms with Gasteiger partial charge in [0.2, 0.25) is 12.7 Å². The van der Waals surface area contributed by atoms with Gasteiger partial charge in [0.1, 0.15) is 5.75 Å². The molecule has 26 heavy (non-hydrogen) atoms. The highest BCUT2D eigenvalue weighted by Crippen LogP contribution is 2.38. The molecule has 2 aromatic rings. The Morgan fingerprint density at radius 1 is 1.27 bits per heavy atom. The van der Waals surface area contributed by atoms with E-state index in [4.69, 9.17) is 19.2 Å². The summed E-state index contributed by atoms with van der Waals surface area (Å²) < 4.78 is 16.4. The van der Waals surface area contributed by atoms with Gasteiger partial charge in [0.05, 0.1) is 12.8 Å². The van der Waals surface area contributed by atoms with Crippen molar-refractivity contribution in [2.24, 2.45) is 0 Å². The molecule has 1 aliphatic carbocycles. The van der Waals surface area contributed by atoms with Gasteiger partial charge < -0.3 is 24.4 Å². The lowest BCUT2D eigenvalue weighted by atomic mass is 9.92. The molecular weight excluding hydrogens is 332 g/mol. The smallest absolute Gasteiger partial charge is 0.231 e. The second kappa shape index (κ2) is 6.99. The molecule has 1 N–H and O–H groups in total. The van der Waals surface area contributed by atoms with Crippen LogP contribution in [-0.4, -0.2) is 38.0 Å². The molecule has 4 rings (SSSR count). The largest absolute Gasteiger partial charge is 0.496 e. The Kier molecular flexibility index (Phi) is 4.55. The van der Waals surface area contributed by atoms with Gasteiger partial charge in [-0.3, -0.25) is 0 Å². The lowest BCUT2D eigenvalue weighted by Crippen LogP contribution is -2.27. The number of hydrogen-bond donors (Lipinski definition) is 1. The van der Waals surface area contributed by atoms with Gasteiger partial charge in [-0.25, -0.2) is 9.97 Å². The molecule has 1 aromatic carbocycles. The zero-order valence-electron chi connectivity index (χ0n) is 15.4. The number of nitrogens with one attached hydrogen (secondary N) is 1. The molecule has 0 saturated heterocycles. The van der Waals surface area contributed by atoms with E-state index in [-0.39, 0.29) is 12.8 Å². The van der Waals surface area contributed by atoms with E-state index in [0.29, 0.717) is 6.54 Å². The number of aromatic nitrogens is 2. The van der Waals surface area contributed by atoms with Gasteiger partial charge in [-0.2, -0.15) is 0 Å².